The van der Waals surface area contributed by atoms with Gasteiger partial charge in [-0.25, -0.2) is 0 Å². The van der Waals surface area contributed by atoms with Gasteiger partial charge in [-0.1, -0.05) is 11.6 Å². The lowest BCUT2D eigenvalue weighted by Crippen LogP contribution is -2.57. The molecule has 1 aromatic carbocycles. The normalized spacial score (nSPS) is 11.3. The number of halogens is 2. The predicted octanol–water partition coefficient (Wildman–Crippen LogP) is 0.399. The zero-order chi connectivity index (χ0) is 15.3. The fourth-order valence-corrected chi connectivity index (χ4v) is 2.05. The second-order valence-corrected chi connectivity index (χ2v) is 5.74. The minimum absolute atomic E-state index is 0.151. The molecule has 0 saturated carbocycles. The molecule has 4 N–H and O–H groups in total. The Balaban J connectivity index is 3.12. The maximum atomic E-state index is 12.2. The molecule has 0 aromatic heterocycles. The summed E-state index contributed by atoms with van der Waals surface area (Å²) in [6.07, 6.45) is 0. The van der Waals surface area contributed by atoms with Gasteiger partial charge in [-0.3, -0.25) is 4.79 Å². The number of benzene rings is 1. The molecule has 1 aromatic rings. The lowest BCUT2D eigenvalue weighted by molar-refractivity contribution is 0.0374. The highest BCUT2D eigenvalue weighted by atomic mass is 127. The zero-order valence-electron chi connectivity index (χ0n) is 10.7. The number of aliphatic hydroxyl groups is 3. The van der Waals surface area contributed by atoms with E-state index in [1.807, 2.05) is 22.6 Å². The number of methoxy groups -OCH3 is 1. The summed E-state index contributed by atoms with van der Waals surface area (Å²) in [5.41, 5.74) is -1.35. The molecule has 0 atom stereocenters. The Morgan fingerprint density at radius 1 is 1.35 bits per heavy atom. The second kappa shape index (κ2) is 7.41. The van der Waals surface area contributed by atoms with Crippen LogP contribution in [0.4, 0.5) is 0 Å². The van der Waals surface area contributed by atoms with Crippen molar-refractivity contribution in [1.82, 2.24) is 5.32 Å². The number of nitrogens with one attached hydrogen (secondary N) is 1. The van der Waals surface area contributed by atoms with Gasteiger partial charge in [0, 0.05) is 3.57 Å². The van der Waals surface area contributed by atoms with E-state index < -0.39 is 31.3 Å². The summed E-state index contributed by atoms with van der Waals surface area (Å²) in [6, 6.07) is 3.02. The average Bonchev–Trinajstić information content (AvgIpc) is 2.47. The first-order chi connectivity index (χ1) is 9.42. The van der Waals surface area contributed by atoms with Gasteiger partial charge in [0.25, 0.3) is 5.91 Å². The van der Waals surface area contributed by atoms with Crippen molar-refractivity contribution < 1.29 is 24.9 Å². The van der Waals surface area contributed by atoms with Crippen LogP contribution in [-0.2, 0) is 0 Å². The van der Waals surface area contributed by atoms with Crippen molar-refractivity contribution in [3.63, 3.8) is 0 Å². The van der Waals surface area contributed by atoms with Crippen LogP contribution >= 0.6 is 34.2 Å². The van der Waals surface area contributed by atoms with Crippen LogP contribution in [0.3, 0.4) is 0 Å². The molecule has 0 unspecified atom stereocenters. The van der Waals surface area contributed by atoms with Gasteiger partial charge < -0.3 is 25.4 Å². The summed E-state index contributed by atoms with van der Waals surface area (Å²) < 4.78 is 5.82. The van der Waals surface area contributed by atoms with Crippen molar-refractivity contribution in [2.24, 2.45) is 0 Å². The fraction of sp³-hybridized carbons (Fsp3) is 0.417. The first-order valence-electron chi connectivity index (χ1n) is 5.61. The van der Waals surface area contributed by atoms with E-state index in [-0.39, 0.29) is 5.56 Å². The molecule has 0 heterocycles. The Kier molecular flexibility index (Phi) is 6.46. The van der Waals surface area contributed by atoms with Gasteiger partial charge in [0.1, 0.15) is 11.3 Å². The van der Waals surface area contributed by atoms with Crippen LogP contribution in [0.2, 0.25) is 5.02 Å². The molecular weight excluding hydrogens is 400 g/mol. The molecule has 0 bridgehead atoms. The number of aliphatic hydroxyl groups excluding tert-OH is 3. The topological polar surface area (TPSA) is 99.0 Å². The molecule has 0 spiro atoms. The number of hydrogen-bond donors (Lipinski definition) is 4. The van der Waals surface area contributed by atoms with Crippen molar-refractivity contribution >= 4 is 40.1 Å². The molecular formula is C12H15ClINO5. The Bertz CT molecular complexity index is 485. The quantitative estimate of drug-likeness (QED) is 0.504. The van der Waals surface area contributed by atoms with Gasteiger partial charge in [0.2, 0.25) is 0 Å². The molecule has 1 rings (SSSR count). The lowest BCUT2D eigenvalue weighted by atomic mass is 10.0. The number of amides is 1. The second-order valence-electron chi connectivity index (χ2n) is 4.18. The van der Waals surface area contributed by atoms with Crippen molar-refractivity contribution in [1.29, 1.82) is 0 Å². The minimum Gasteiger partial charge on any atom is -0.496 e. The van der Waals surface area contributed by atoms with E-state index in [9.17, 15) is 20.1 Å². The number of rotatable bonds is 6. The van der Waals surface area contributed by atoms with Gasteiger partial charge in [0.15, 0.2) is 0 Å². The highest BCUT2D eigenvalue weighted by Gasteiger charge is 2.31. The minimum atomic E-state index is -1.50. The van der Waals surface area contributed by atoms with Gasteiger partial charge in [-0.05, 0) is 34.7 Å². The van der Waals surface area contributed by atoms with Gasteiger partial charge in [-0.2, -0.15) is 0 Å². The number of hydrogen-bond acceptors (Lipinski definition) is 5. The SMILES string of the molecule is COc1cc(I)c(Cl)cc1C(=O)NC(CO)(CO)CO. The van der Waals surface area contributed by atoms with E-state index in [1.54, 1.807) is 6.07 Å². The summed E-state index contributed by atoms with van der Waals surface area (Å²) in [7, 11) is 1.41. The molecule has 1 amide bonds. The van der Waals surface area contributed by atoms with E-state index in [4.69, 9.17) is 16.3 Å². The lowest BCUT2D eigenvalue weighted by Gasteiger charge is -2.29. The molecule has 0 aliphatic heterocycles. The third-order valence-corrected chi connectivity index (χ3v) is 4.30. The standard InChI is InChI=1S/C12H15ClINO5/c1-20-10-3-9(14)8(13)2-7(10)11(19)15-12(4-16,5-17)6-18/h2-3,16-18H,4-6H2,1H3,(H,15,19). The van der Waals surface area contributed by atoms with Crippen LogP contribution in [0.5, 0.6) is 5.75 Å². The zero-order valence-corrected chi connectivity index (χ0v) is 13.6. The Morgan fingerprint density at radius 2 is 1.90 bits per heavy atom. The molecule has 0 saturated heterocycles. The predicted molar refractivity (Wildman–Crippen MR) is 82.2 cm³/mol. The Morgan fingerprint density at radius 3 is 2.35 bits per heavy atom. The molecule has 0 fully saturated rings. The third-order valence-electron chi connectivity index (χ3n) is 2.77. The molecule has 8 heteroatoms. The monoisotopic (exact) mass is 415 g/mol. The largest absolute Gasteiger partial charge is 0.496 e. The van der Waals surface area contributed by atoms with Crippen molar-refractivity contribution in [3.05, 3.63) is 26.3 Å². The first-order valence-corrected chi connectivity index (χ1v) is 7.07. The van der Waals surface area contributed by atoms with Gasteiger partial charge in [0.05, 0.1) is 37.5 Å². The Hall–Kier alpha value is -0.610. The molecule has 20 heavy (non-hydrogen) atoms. The van der Waals surface area contributed by atoms with Crippen molar-refractivity contribution in [3.8, 4) is 5.75 Å². The molecule has 0 aliphatic rings. The van der Waals surface area contributed by atoms with E-state index in [2.05, 4.69) is 5.32 Å². The highest BCUT2D eigenvalue weighted by molar-refractivity contribution is 14.1. The molecule has 0 aliphatic carbocycles. The maximum absolute atomic E-state index is 12.2. The van der Waals surface area contributed by atoms with E-state index in [1.165, 1.54) is 13.2 Å². The molecule has 112 valence electrons. The van der Waals surface area contributed by atoms with Gasteiger partial charge >= 0.3 is 0 Å². The summed E-state index contributed by atoms with van der Waals surface area (Å²) in [5, 5.41) is 30.4. The van der Waals surface area contributed by atoms with E-state index >= 15 is 0 Å². The fourth-order valence-electron chi connectivity index (χ4n) is 1.45. The number of carbonyl (C=O) groups excluding carboxylic acids is 1. The maximum Gasteiger partial charge on any atom is 0.255 e. The highest BCUT2D eigenvalue weighted by Crippen LogP contribution is 2.28. The van der Waals surface area contributed by atoms with Crippen LogP contribution in [0, 0.1) is 3.57 Å². The number of carbonyl (C=O) groups is 1. The van der Waals surface area contributed by atoms with Crippen molar-refractivity contribution in [2.75, 3.05) is 26.9 Å². The van der Waals surface area contributed by atoms with Crippen LogP contribution < -0.4 is 10.1 Å². The Labute approximate surface area is 134 Å². The van der Waals surface area contributed by atoms with Crippen LogP contribution in [-0.4, -0.2) is 53.7 Å². The van der Waals surface area contributed by atoms with E-state index in [0.717, 1.165) is 3.57 Å². The summed E-state index contributed by atoms with van der Waals surface area (Å²) in [5.74, 6) is -0.309. The molecule has 0 radical (unpaired) electrons. The summed E-state index contributed by atoms with van der Waals surface area (Å²) in [4.78, 5) is 12.2. The average molecular weight is 416 g/mol. The number of ether oxygens (including phenoxy) is 1. The summed E-state index contributed by atoms with van der Waals surface area (Å²) in [6.45, 7) is -1.82. The van der Waals surface area contributed by atoms with Crippen LogP contribution in [0.1, 0.15) is 10.4 Å². The van der Waals surface area contributed by atoms with E-state index in [0.29, 0.717) is 10.8 Å². The van der Waals surface area contributed by atoms with Crippen LogP contribution in [0.15, 0.2) is 12.1 Å². The summed E-state index contributed by atoms with van der Waals surface area (Å²) >= 11 is 7.97. The van der Waals surface area contributed by atoms with Crippen LogP contribution in [0.25, 0.3) is 0 Å². The smallest absolute Gasteiger partial charge is 0.255 e. The third kappa shape index (κ3) is 3.73. The first kappa shape index (κ1) is 17.4. The van der Waals surface area contributed by atoms with Gasteiger partial charge in [-0.15, -0.1) is 0 Å². The van der Waals surface area contributed by atoms with Crippen molar-refractivity contribution in [2.45, 2.75) is 5.54 Å². The molecule has 6 nitrogen and oxygen atoms in total.